The molecule has 0 saturated carbocycles. The molecule has 1 aliphatic heterocycles. The Bertz CT molecular complexity index is 858. The molecule has 1 fully saturated rings. The van der Waals surface area contributed by atoms with Crippen molar-refractivity contribution in [3.63, 3.8) is 0 Å². The first kappa shape index (κ1) is 18.5. The number of hydrogen-bond acceptors (Lipinski definition) is 5. The Morgan fingerprint density at radius 2 is 1.92 bits per heavy atom. The lowest BCUT2D eigenvalue weighted by molar-refractivity contribution is 0.411. The van der Waals surface area contributed by atoms with Gasteiger partial charge in [-0.15, -0.1) is 0 Å². The van der Waals surface area contributed by atoms with Crippen LogP contribution in [-0.4, -0.2) is 33.6 Å². The molecule has 0 unspecified atom stereocenters. The van der Waals surface area contributed by atoms with E-state index in [9.17, 15) is 8.42 Å². The summed E-state index contributed by atoms with van der Waals surface area (Å²) < 4.78 is 32.9. The Labute approximate surface area is 155 Å². The Balaban J connectivity index is 1.72. The minimum atomic E-state index is -3.66. The first-order valence-corrected chi connectivity index (χ1v) is 10.3. The number of aromatic nitrogens is 1. The molecule has 0 aliphatic carbocycles. The highest BCUT2D eigenvalue weighted by molar-refractivity contribution is 7.92. The number of piperidine rings is 1. The molecule has 1 aromatic heterocycles. The molecular weight excluding hydrogens is 350 g/mol. The van der Waals surface area contributed by atoms with Crippen LogP contribution in [0.25, 0.3) is 0 Å². The number of sulfonamides is 1. The first-order valence-electron chi connectivity index (χ1n) is 8.77. The largest absolute Gasteiger partial charge is 0.496 e. The fraction of sp³-hybridized carbons (Fsp3) is 0.421. The van der Waals surface area contributed by atoms with Crippen molar-refractivity contribution in [3.05, 3.63) is 42.1 Å². The maximum absolute atomic E-state index is 12.6. The van der Waals surface area contributed by atoms with Crippen LogP contribution in [0.5, 0.6) is 5.75 Å². The maximum atomic E-state index is 12.6. The number of pyridine rings is 1. The topological polar surface area (TPSA) is 71.5 Å². The van der Waals surface area contributed by atoms with E-state index in [1.165, 1.54) is 6.07 Å². The van der Waals surface area contributed by atoms with Crippen LogP contribution in [0.2, 0.25) is 0 Å². The van der Waals surface area contributed by atoms with Gasteiger partial charge >= 0.3 is 0 Å². The summed E-state index contributed by atoms with van der Waals surface area (Å²) >= 11 is 0. The van der Waals surface area contributed by atoms with Gasteiger partial charge in [-0.1, -0.05) is 6.92 Å². The molecule has 0 amide bonds. The highest BCUT2D eigenvalue weighted by atomic mass is 32.2. The van der Waals surface area contributed by atoms with E-state index in [4.69, 9.17) is 4.74 Å². The molecule has 140 valence electrons. The second-order valence-electron chi connectivity index (χ2n) is 6.81. The summed E-state index contributed by atoms with van der Waals surface area (Å²) in [4.78, 5) is 6.87. The fourth-order valence-corrected chi connectivity index (χ4v) is 4.23. The van der Waals surface area contributed by atoms with Crippen molar-refractivity contribution in [1.29, 1.82) is 0 Å². The lowest BCUT2D eigenvalue weighted by Crippen LogP contribution is -2.33. The number of hydrogen-bond donors (Lipinski definition) is 1. The van der Waals surface area contributed by atoms with E-state index < -0.39 is 10.0 Å². The third kappa shape index (κ3) is 4.09. The first-order chi connectivity index (χ1) is 12.4. The molecule has 6 nitrogen and oxygen atoms in total. The van der Waals surface area contributed by atoms with E-state index in [0.717, 1.165) is 43.2 Å². The summed E-state index contributed by atoms with van der Waals surface area (Å²) in [6.45, 7) is 6.06. The number of nitrogens with one attached hydrogen (secondary N) is 1. The molecule has 1 aliphatic rings. The minimum absolute atomic E-state index is 0.199. The molecule has 0 atom stereocenters. The van der Waals surface area contributed by atoms with Gasteiger partial charge in [-0.3, -0.25) is 4.72 Å². The molecule has 1 saturated heterocycles. The van der Waals surface area contributed by atoms with Crippen LogP contribution in [0, 0.1) is 12.8 Å². The Kier molecular flexibility index (Phi) is 5.36. The zero-order valence-electron chi connectivity index (χ0n) is 15.4. The summed E-state index contributed by atoms with van der Waals surface area (Å²) in [7, 11) is -2.10. The van der Waals surface area contributed by atoms with E-state index in [2.05, 4.69) is 21.5 Å². The normalized spacial score (nSPS) is 15.7. The van der Waals surface area contributed by atoms with Gasteiger partial charge < -0.3 is 9.64 Å². The van der Waals surface area contributed by atoms with Crippen LogP contribution in [0.3, 0.4) is 0 Å². The monoisotopic (exact) mass is 375 g/mol. The summed E-state index contributed by atoms with van der Waals surface area (Å²) in [5, 5.41) is 0. The highest BCUT2D eigenvalue weighted by Gasteiger charge is 2.18. The Morgan fingerprint density at radius 3 is 2.50 bits per heavy atom. The number of methoxy groups -OCH3 is 1. The van der Waals surface area contributed by atoms with Crippen molar-refractivity contribution < 1.29 is 13.2 Å². The summed E-state index contributed by atoms with van der Waals surface area (Å²) in [6.07, 6.45) is 3.89. The van der Waals surface area contributed by atoms with E-state index >= 15 is 0 Å². The molecule has 1 aromatic carbocycles. The second-order valence-corrected chi connectivity index (χ2v) is 8.49. The van der Waals surface area contributed by atoms with Crippen LogP contribution >= 0.6 is 0 Å². The van der Waals surface area contributed by atoms with Crippen LogP contribution in [0.1, 0.15) is 25.3 Å². The van der Waals surface area contributed by atoms with Crippen molar-refractivity contribution >= 4 is 21.5 Å². The van der Waals surface area contributed by atoms with Crippen molar-refractivity contribution in [2.24, 2.45) is 5.92 Å². The molecule has 0 radical (unpaired) electrons. The van der Waals surface area contributed by atoms with E-state index in [1.54, 1.807) is 31.5 Å². The lowest BCUT2D eigenvalue weighted by Gasteiger charge is -2.31. The van der Waals surface area contributed by atoms with Gasteiger partial charge in [0.25, 0.3) is 10.0 Å². The van der Waals surface area contributed by atoms with Crippen molar-refractivity contribution in [2.75, 3.05) is 29.8 Å². The van der Waals surface area contributed by atoms with Crippen molar-refractivity contribution in [3.8, 4) is 5.75 Å². The second kappa shape index (κ2) is 7.53. The number of rotatable bonds is 5. The number of aryl methyl sites for hydroxylation is 1. The Hall–Kier alpha value is -2.28. The van der Waals surface area contributed by atoms with Gasteiger partial charge in [0, 0.05) is 13.1 Å². The summed E-state index contributed by atoms with van der Waals surface area (Å²) in [5.41, 5.74) is 1.22. The highest BCUT2D eigenvalue weighted by Crippen LogP contribution is 2.25. The third-order valence-corrected chi connectivity index (χ3v) is 6.16. The van der Waals surface area contributed by atoms with Gasteiger partial charge in [0.2, 0.25) is 0 Å². The predicted molar refractivity (Wildman–Crippen MR) is 103 cm³/mol. The third-order valence-electron chi connectivity index (χ3n) is 4.78. The van der Waals surface area contributed by atoms with Crippen LogP contribution < -0.4 is 14.4 Å². The molecular formula is C19H25N3O3S. The lowest BCUT2D eigenvalue weighted by atomic mass is 9.99. The molecule has 3 rings (SSSR count). The zero-order chi connectivity index (χ0) is 18.7. The molecule has 26 heavy (non-hydrogen) atoms. The quantitative estimate of drug-likeness (QED) is 0.867. The van der Waals surface area contributed by atoms with Gasteiger partial charge in [0.1, 0.15) is 11.6 Å². The fourth-order valence-electron chi connectivity index (χ4n) is 3.10. The molecule has 1 N–H and O–H groups in total. The molecule has 2 aromatic rings. The maximum Gasteiger partial charge on any atom is 0.261 e. The molecule has 0 spiro atoms. The zero-order valence-corrected chi connectivity index (χ0v) is 16.2. The van der Waals surface area contributed by atoms with Gasteiger partial charge in [0.05, 0.1) is 23.9 Å². The van der Waals surface area contributed by atoms with Crippen LogP contribution in [-0.2, 0) is 10.0 Å². The van der Waals surface area contributed by atoms with E-state index in [-0.39, 0.29) is 4.90 Å². The van der Waals surface area contributed by atoms with Gasteiger partial charge in [-0.2, -0.15) is 0 Å². The van der Waals surface area contributed by atoms with Gasteiger partial charge in [0.15, 0.2) is 0 Å². The number of nitrogens with zero attached hydrogens (tertiary/aromatic N) is 2. The minimum Gasteiger partial charge on any atom is -0.496 e. The smallest absolute Gasteiger partial charge is 0.261 e. The van der Waals surface area contributed by atoms with E-state index in [1.807, 2.05) is 13.0 Å². The Morgan fingerprint density at radius 1 is 1.19 bits per heavy atom. The van der Waals surface area contributed by atoms with E-state index in [0.29, 0.717) is 11.4 Å². The predicted octanol–water partition coefficient (Wildman–Crippen LogP) is 3.44. The number of anilines is 2. The average molecular weight is 375 g/mol. The van der Waals surface area contributed by atoms with Crippen LogP contribution in [0.4, 0.5) is 11.5 Å². The summed E-state index contributed by atoms with van der Waals surface area (Å²) in [6, 6.07) is 8.41. The van der Waals surface area contributed by atoms with Crippen molar-refractivity contribution in [2.45, 2.75) is 31.6 Å². The summed E-state index contributed by atoms with van der Waals surface area (Å²) in [5.74, 6) is 2.30. The average Bonchev–Trinajstić information content (AvgIpc) is 2.63. The number of ether oxygens (including phenoxy) is 1. The standard InChI is InChI=1S/C19H25N3O3S/c1-14-8-10-22(11-9-14)19-7-4-16(13-20-19)21-26(23,24)17-5-6-18(25-3)15(2)12-17/h4-7,12-14,21H,8-11H2,1-3H3. The SMILES string of the molecule is COc1ccc(S(=O)(=O)Nc2ccc(N3CCC(C)CC3)nc2)cc1C. The van der Waals surface area contributed by atoms with Gasteiger partial charge in [-0.05, 0) is 61.6 Å². The van der Waals surface area contributed by atoms with Gasteiger partial charge in [-0.25, -0.2) is 13.4 Å². The van der Waals surface area contributed by atoms with Crippen molar-refractivity contribution in [1.82, 2.24) is 4.98 Å². The molecule has 0 bridgehead atoms. The molecule has 2 heterocycles. The van der Waals surface area contributed by atoms with Crippen LogP contribution in [0.15, 0.2) is 41.4 Å². The molecule has 7 heteroatoms. The number of benzene rings is 1.